The van der Waals surface area contributed by atoms with Crippen molar-refractivity contribution in [2.24, 2.45) is 11.5 Å². The van der Waals surface area contributed by atoms with Gasteiger partial charge in [0.1, 0.15) is 95.2 Å². The average molecular weight is 1550 g/mol. The second-order valence-corrected chi connectivity index (χ2v) is 27.5. The molecule has 2 fully saturated rings. The molecule has 0 spiro atoms. The second kappa shape index (κ2) is 33.6. The Morgan fingerprint density at radius 1 is 0.725 bits per heavy atom. The van der Waals surface area contributed by atoms with E-state index in [1.54, 1.807) is 32.1 Å². The number of phenols is 3. The van der Waals surface area contributed by atoms with Gasteiger partial charge in [0, 0.05) is 54.2 Å². The first-order chi connectivity index (χ1) is 51.9. The zero-order valence-electron chi connectivity index (χ0n) is 58.0. The minimum Gasteiger partial charge on any atom is -0.508 e. The van der Waals surface area contributed by atoms with Gasteiger partial charge in [-0.1, -0.05) is 59.6 Å². The van der Waals surface area contributed by atoms with Crippen LogP contribution in [0, 0.1) is 0 Å². The fraction of sp³-hybridized carbons (Fsp3) is 0.370. The summed E-state index contributed by atoms with van der Waals surface area (Å²) in [6.45, 7) is 6.30. The predicted molar refractivity (Wildman–Crippen MR) is 380 cm³/mol. The van der Waals surface area contributed by atoms with Crippen LogP contribution in [0.3, 0.4) is 0 Å². The Labute approximate surface area is 630 Å². The quantitative estimate of drug-likeness (QED) is 0.0429. The fourth-order valence-corrected chi connectivity index (χ4v) is 13.7. The van der Waals surface area contributed by atoms with Gasteiger partial charge in [0.05, 0.1) is 41.9 Å². The lowest BCUT2D eigenvalue weighted by Crippen LogP contribution is -2.65. The zero-order chi connectivity index (χ0) is 78.6. The van der Waals surface area contributed by atoms with Gasteiger partial charge in [-0.2, -0.15) is 0 Å². The highest BCUT2D eigenvalue weighted by Gasteiger charge is 2.52. The van der Waals surface area contributed by atoms with Crippen molar-refractivity contribution in [1.82, 2.24) is 37.2 Å². The molecular formula is C73H79Cl2N9O25. The van der Waals surface area contributed by atoms with E-state index in [4.69, 9.17) is 67.8 Å². The molecule has 7 aliphatic rings. The van der Waals surface area contributed by atoms with E-state index < -0.39 is 237 Å². The summed E-state index contributed by atoms with van der Waals surface area (Å²) in [6.07, 6.45) is -17.0. The molecule has 0 unspecified atom stereocenters. The van der Waals surface area contributed by atoms with Crippen LogP contribution in [-0.2, 0) is 59.1 Å². The van der Waals surface area contributed by atoms with Gasteiger partial charge < -0.3 is 133 Å². The third-order valence-electron chi connectivity index (χ3n) is 18.9. The van der Waals surface area contributed by atoms with E-state index in [2.05, 4.69) is 43.8 Å². The van der Waals surface area contributed by atoms with E-state index in [9.17, 15) is 75.0 Å². The standard InChI is InChI=1S/C73H79Cl2N9O25/c1-4-5-17-103-37-8-6-7-31(18-37)28-78-73(3)27-52(104-30(2)65(73)95)108-64-62(94)61(93)49(29-85)107-72(64)109-63-47-22-35-23-48(63)106-46-14-11-34(21-41(46)75)60(92)58-70(100)83-56(71(101)102)39-24-36(86)25-44(88)53(39)38-19-32(9-12-43(38)87)54(67(97)84-58)82-68(98)55(35)81-66(96)42(26-50(77)89)79-69(99)57(80-51(90)15-16-76)59(91)33-10-13-45(105-47)40(74)20-33/h4,6-14,18-25,30,42,49,52,54-62,64-65,72,78,85-88,91-95H,1,5,15-17,26-29,76H2,2-3H3,(H2,77,89)(H,79,99)(H,80,90)(H,81,96)(H,82,98)(H,83,100)(H,84,97)(H,101,102)/t30-,42-,49+,52-,54+,55+,56-,57+,58-,59+,60+,61+,62-,64+,65+,72-,73-/m0/s1. The van der Waals surface area contributed by atoms with Gasteiger partial charge in [0.15, 0.2) is 29.9 Å². The van der Waals surface area contributed by atoms with Crippen LogP contribution in [0.5, 0.6) is 51.7 Å². The van der Waals surface area contributed by atoms with Gasteiger partial charge in [-0.25, -0.2) is 4.79 Å². The number of aliphatic carboxylic acids is 1. The monoisotopic (exact) mass is 1550 g/mol. The van der Waals surface area contributed by atoms with Gasteiger partial charge in [-0.3, -0.25) is 33.6 Å². The molecule has 36 heteroatoms. The Morgan fingerprint density at radius 3 is 2.02 bits per heavy atom. The summed E-state index contributed by atoms with van der Waals surface area (Å²) in [7, 11) is 0. The molecule has 11 bridgehead atoms. The number of aliphatic hydroxyl groups excluding tert-OH is 6. The number of rotatable bonds is 18. The highest BCUT2D eigenvalue weighted by Crippen LogP contribution is 2.50. The summed E-state index contributed by atoms with van der Waals surface area (Å²) in [5.41, 5.74) is 7.99. The second-order valence-electron chi connectivity index (χ2n) is 26.7. The number of nitrogens with one attached hydrogen (secondary N) is 7. The number of phenolic OH excluding ortho intramolecular Hbond substituents is 3. The summed E-state index contributed by atoms with van der Waals surface area (Å²) < 4.78 is 45.0. The minimum atomic E-state index is -2.36. The summed E-state index contributed by atoms with van der Waals surface area (Å²) in [5, 5.41) is 132. The molecule has 7 aliphatic heterocycles. The Kier molecular flexibility index (Phi) is 24.5. The van der Waals surface area contributed by atoms with Crippen molar-refractivity contribution < 1.29 is 123 Å². The predicted octanol–water partition coefficient (Wildman–Crippen LogP) is 1.61. The Hall–Kier alpha value is -10.4. The van der Waals surface area contributed by atoms with Crippen LogP contribution in [0.25, 0.3) is 11.1 Å². The SMILES string of the molecule is C=CCCOc1cccc(CN[C@@]2(C)C[C@H](O[C@H]3[C@H](Oc4c5cc6cc4Oc4ccc(cc4Cl)[C@@H](O)[C@@H](NC(=O)CCN)C(=O)N[C@@H](CC(N)=O)C(=O)N[C@H]6C(=O)N[C@H]4C(=O)N[C@H](C(=O)N[C@H](C(=O)O)c6cc(O)cc(O)c6-c6cc4ccc6O)[C@H](O)c4ccc(c(Cl)c4)O5)O[C@H](CO)[C@@H](O)[C@@H]3O)O[C@@H](C)[C@H]2O)c1. The maximum Gasteiger partial charge on any atom is 0.330 e. The molecule has 0 saturated carbocycles. The molecule has 0 radical (unpaired) electrons. The van der Waals surface area contributed by atoms with E-state index in [1.165, 1.54) is 12.1 Å². The van der Waals surface area contributed by atoms with E-state index in [-0.39, 0.29) is 47.0 Å². The molecule has 34 nitrogen and oxygen atoms in total. The van der Waals surface area contributed by atoms with Crippen LogP contribution in [0.4, 0.5) is 0 Å². The minimum absolute atomic E-state index is 0.174. The van der Waals surface area contributed by atoms with Crippen molar-refractivity contribution in [1.29, 1.82) is 0 Å². The number of fused-ring (bicyclic) bond motifs is 15. The molecule has 6 aromatic rings. The van der Waals surface area contributed by atoms with Gasteiger partial charge in [0.2, 0.25) is 53.4 Å². The Morgan fingerprint density at radius 2 is 1.38 bits per heavy atom. The fourth-order valence-electron chi connectivity index (χ4n) is 13.2. The molecule has 7 amide bonds. The number of carboxylic acid groups (broad SMARTS) is 1. The third kappa shape index (κ3) is 17.5. The highest BCUT2D eigenvalue weighted by atomic mass is 35.5. The number of aromatic hydroxyl groups is 3. The lowest BCUT2D eigenvalue weighted by molar-refractivity contribution is -0.334. The van der Waals surface area contributed by atoms with Crippen LogP contribution in [0.1, 0.15) is 103 Å². The zero-order valence-corrected chi connectivity index (χ0v) is 59.5. The molecule has 21 N–H and O–H groups in total. The van der Waals surface area contributed by atoms with Crippen molar-refractivity contribution in [2.75, 3.05) is 19.8 Å². The first-order valence-electron chi connectivity index (χ1n) is 34.1. The van der Waals surface area contributed by atoms with Crippen LogP contribution >= 0.6 is 23.2 Å². The smallest absolute Gasteiger partial charge is 0.330 e. The number of hydrogen-bond acceptors (Lipinski definition) is 26. The number of nitrogens with two attached hydrogens (primary N) is 2. The van der Waals surface area contributed by atoms with Gasteiger partial charge in [-0.15, -0.1) is 6.58 Å². The molecule has 7 heterocycles. The summed E-state index contributed by atoms with van der Waals surface area (Å²) in [6, 6.07) is 7.40. The van der Waals surface area contributed by atoms with Crippen molar-refractivity contribution in [2.45, 2.75) is 149 Å². The van der Waals surface area contributed by atoms with Gasteiger partial charge >= 0.3 is 5.97 Å². The normalized spacial score (nSPS) is 27.7. The number of carbonyl (C=O) groups excluding carboxylic acids is 7. The average Bonchev–Trinajstić information content (AvgIpc) is 0.769. The maximum atomic E-state index is 16.1. The first kappa shape index (κ1) is 79.6. The number of amides is 7. The summed E-state index contributed by atoms with van der Waals surface area (Å²) in [4.78, 5) is 116. The largest absolute Gasteiger partial charge is 0.508 e. The molecule has 0 aromatic heterocycles. The van der Waals surface area contributed by atoms with Crippen LogP contribution in [0.15, 0.2) is 116 Å². The van der Waals surface area contributed by atoms with E-state index in [1.807, 2.05) is 12.1 Å². The topological polar surface area (TPSA) is 540 Å². The van der Waals surface area contributed by atoms with Gasteiger partial charge in [-0.05, 0) is 115 Å². The maximum absolute atomic E-state index is 16.1. The van der Waals surface area contributed by atoms with Crippen LogP contribution in [0.2, 0.25) is 10.0 Å². The van der Waals surface area contributed by atoms with E-state index in [0.717, 1.165) is 72.3 Å². The molecule has 13 rings (SSSR count). The van der Waals surface area contributed by atoms with Crippen LogP contribution in [-0.4, -0.2) is 191 Å². The molecular weight excluding hydrogens is 1470 g/mol. The summed E-state index contributed by atoms with van der Waals surface area (Å²) in [5.74, 6) is -15.5. The lowest BCUT2D eigenvalue weighted by Gasteiger charge is -2.48. The molecule has 2 saturated heterocycles. The number of aliphatic hydroxyl groups is 6. The van der Waals surface area contributed by atoms with Crippen molar-refractivity contribution >= 4 is 70.5 Å². The molecule has 17 atom stereocenters. The third-order valence-corrected chi connectivity index (χ3v) is 19.5. The molecule has 0 aliphatic carbocycles. The molecule has 6 aromatic carbocycles. The number of carbonyl (C=O) groups is 8. The number of hydrogen-bond donors (Lipinski definition) is 19. The van der Waals surface area contributed by atoms with Crippen molar-refractivity contribution in [3.05, 3.63) is 159 Å². The van der Waals surface area contributed by atoms with Crippen molar-refractivity contribution in [3.63, 3.8) is 0 Å². The number of carboxylic acids is 1. The number of primary amides is 1. The lowest BCUT2D eigenvalue weighted by atomic mass is 9.84. The van der Waals surface area contributed by atoms with E-state index in [0.29, 0.717) is 18.8 Å². The van der Waals surface area contributed by atoms with Crippen molar-refractivity contribution in [3.8, 4) is 62.9 Å². The number of ether oxygens (including phenoxy) is 7. The van der Waals surface area contributed by atoms with E-state index >= 15 is 14.4 Å². The highest BCUT2D eigenvalue weighted by molar-refractivity contribution is 6.32. The number of benzene rings is 6. The van der Waals surface area contributed by atoms with Crippen LogP contribution < -0.4 is 67.6 Å². The number of halogens is 2. The first-order valence-corrected chi connectivity index (χ1v) is 34.9. The molecule has 580 valence electrons. The van der Waals surface area contributed by atoms with Gasteiger partial charge in [0.25, 0.3) is 0 Å². The Balaban J connectivity index is 1.11. The summed E-state index contributed by atoms with van der Waals surface area (Å²) >= 11 is 14.2. The molecule has 109 heavy (non-hydrogen) atoms. The Bertz CT molecular complexity index is 4520.